The van der Waals surface area contributed by atoms with Crippen LogP contribution in [0.15, 0.2) is 34.8 Å². The lowest BCUT2D eigenvalue weighted by molar-refractivity contribution is -0.264. The summed E-state index contributed by atoms with van der Waals surface area (Å²) in [4.78, 5) is 25.0. The van der Waals surface area contributed by atoms with Gasteiger partial charge >= 0.3 is 11.9 Å². The van der Waals surface area contributed by atoms with E-state index < -0.39 is 42.0 Å². The SMILES string of the molecule is CC(C)C12C[C@@H](OC(=O)CO)[C@@](C)(O1)[C@@H]1CC[C@@H](C)[C@H]1[C@@H]2OC(=O)/C=C/c1ccc(Br)cc1. The molecular formula is C26H33BrO6. The van der Waals surface area contributed by atoms with Gasteiger partial charge in [-0.25, -0.2) is 9.59 Å². The molecule has 7 atom stereocenters. The second-order valence-corrected chi connectivity index (χ2v) is 11.1. The number of carbonyl (C=O) groups is 2. The van der Waals surface area contributed by atoms with E-state index in [1.165, 1.54) is 6.08 Å². The van der Waals surface area contributed by atoms with E-state index in [0.29, 0.717) is 12.3 Å². The van der Waals surface area contributed by atoms with Crippen molar-refractivity contribution in [1.29, 1.82) is 0 Å². The van der Waals surface area contributed by atoms with E-state index in [1.54, 1.807) is 6.08 Å². The molecule has 0 spiro atoms. The van der Waals surface area contributed by atoms with E-state index in [-0.39, 0.29) is 17.8 Å². The summed E-state index contributed by atoms with van der Waals surface area (Å²) in [5.41, 5.74) is -0.512. The van der Waals surface area contributed by atoms with Gasteiger partial charge in [-0.15, -0.1) is 0 Å². The lowest BCUT2D eigenvalue weighted by Gasteiger charge is -2.52. The van der Waals surface area contributed by atoms with Crippen molar-refractivity contribution in [2.75, 3.05) is 6.61 Å². The van der Waals surface area contributed by atoms with Crippen molar-refractivity contribution < 1.29 is 28.9 Å². The first-order chi connectivity index (χ1) is 15.6. The summed E-state index contributed by atoms with van der Waals surface area (Å²) in [5, 5.41) is 9.27. The summed E-state index contributed by atoms with van der Waals surface area (Å²) in [6.45, 7) is 7.70. The van der Waals surface area contributed by atoms with E-state index in [1.807, 2.05) is 31.2 Å². The number of halogens is 1. The van der Waals surface area contributed by atoms with Gasteiger partial charge in [-0.05, 0) is 61.3 Å². The third-order valence-corrected chi connectivity index (χ3v) is 8.61. The molecule has 7 heteroatoms. The van der Waals surface area contributed by atoms with Crippen LogP contribution in [0.25, 0.3) is 6.08 Å². The van der Waals surface area contributed by atoms with Crippen molar-refractivity contribution in [1.82, 2.24) is 0 Å². The molecule has 2 heterocycles. The number of aliphatic hydroxyl groups excluding tert-OH is 1. The molecule has 180 valence electrons. The van der Waals surface area contributed by atoms with Crippen molar-refractivity contribution in [3.8, 4) is 0 Å². The Morgan fingerprint density at radius 2 is 1.94 bits per heavy atom. The number of ether oxygens (including phenoxy) is 3. The fraction of sp³-hybridized carbons (Fsp3) is 0.615. The van der Waals surface area contributed by atoms with Crippen molar-refractivity contribution in [2.24, 2.45) is 23.7 Å². The standard InChI is InChI=1S/C26H33BrO6/c1-15(2)26-13-20(31-22(30)14-28)25(4,33-26)19-11-5-16(3)23(19)24(26)32-21(29)12-8-17-6-9-18(27)10-7-17/h6-10,12,15-16,19-20,23-24,28H,5,11,13-14H2,1-4H3/b12-8+/t16-,19-,20-,23-,24+,25+,26?/m1/s1. The smallest absolute Gasteiger partial charge is 0.332 e. The average Bonchev–Trinajstić information content (AvgIpc) is 3.29. The van der Waals surface area contributed by atoms with Crippen LogP contribution in [-0.4, -0.2) is 47.1 Å². The fourth-order valence-electron chi connectivity index (χ4n) is 6.34. The molecule has 4 rings (SSSR count). The number of hydrogen-bond acceptors (Lipinski definition) is 6. The lowest BCUT2D eigenvalue weighted by Crippen LogP contribution is -2.62. The molecule has 3 aliphatic rings. The maximum absolute atomic E-state index is 13.0. The topological polar surface area (TPSA) is 82.1 Å². The maximum Gasteiger partial charge on any atom is 0.332 e. The van der Waals surface area contributed by atoms with Gasteiger partial charge in [0.15, 0.2) is 0 Å². The first-order valence-electron chi connectivity index (χ1n) is 11.8. The van der Waals surface area contributed by atoms with Crippen molar-refractivity contribution in [3.63, 3.8) is 0 Å². The number of rotatable bonds is 6. The van der Waals surface area contributed by atoms with Crippen LogP contribution < -0.4 is 0 Å². The summed E-state index contributed by atoms with van der Waals surface area (Å²) >= 11 is 3.41. The zero-order valence-corrected chi connectivity index (χ0v) is 21.2. The van der Waals surface area contributed by atoms with Gasteiger partial charge in [0.05, 0.1) is 0 Å². The van der Waals surface area contributed by atoms with Gasteiger partial charge in [-0.3, -0.25) is 0 Å². The molecule has 2 aliphatic heterocycles. The summed E-state index contributed by atoms with van der Waals surface area (Å²) in [7, 11) is 0. The highest BCUT2D eigenvalue weighted by molar-refractivity contribution is 9.10. The predicted molar refractivity (Wildman–Crippen MR) is 127 cm³/mol. The molecule has 0 amide bonds. The quantitative estimate of drug-likeness (QED) is 0.438. The zero-order valence-electron chi connectivity index (χ0n) is 19.6. The number of fused-ring (bicyclic) bond motifs is 4. The molecule has 0 radical (unpaired) electrons. The minimum Gasteiger partial charge on any atom is -0.457 e. The fourth-order valence-corrected chi connectivity index (χ4v) is 6.61. The number of aliphatic hydroxyl groups is 1. The second kappa shape index (κ2) is 9.16. The van der Waals surface area contributed by atoms with Gasteiger partial charge in [-0.1, -0.05) is 48.8 Å². The molecule has 6 nitrogen and oxygen atoms in total. The molecule has 33 heavy (non-hydrogen) atoms. The Morgan fingerprint density at radius 3 is 2.58 bits per heavy atom. The first kappa shape index (κ1) is 24.4. The third-order valence-electron chi connectivity index (χ3n) is 8.08. The van der Waals surface area contributed by atoms with Crippen LogP contribution in [0.3, 0.4) is 0 Å². The van der Waals surface area contributed by atoms with Crippen molar-refractivity contribution in [3.05, 3.63) is 40.4 Å². The molecule has 3 fully saturated rings. The van der Waals surface area contributed by atoms with Crippen LogP contribution in [0.2, 0.25) is 0 Å². The first-order valence-corrected chi connectivity index (χ1v) is 12.5. The Balaban J connectivity index is 1.64. The minimum absolute atomic E-state index is 0.0386. The molecule has 2 saturated heterocycles. The highest BCUT2D eigenvalue weighted by Crippen LogP contribution is 2.63. The largest absolute Gasteiger partial charge is 0.457 e. The van der Waals surface area contributed by atoms with E-state index in [9.17, 15) is 14.7 Å². The molecule has 1 saturated carbocycles. The molecular weight excluding hydrogens is 488 g/mol. The highest BCUT2D eigenvalue weighted by atomic mass is 79.9. The number of benzene rings is 1. The average molecular weight is 521 g/mol. The van der Waals surface area contributed by atoms with E-state index in [2.05, 4.69) is 36.7 Å². The van der Waals surface area contributed by atoms with Gasteiger partial charge in [0, 0.05) is 22.9 Å². The van der Waals surface area contributed by atoms with Crippen LogP contribution in [0, 0.1) is 23.7 Å². The highest BCUT2D eigenvalue weighted by Gasteiger charge is 2.72. The Morgan fingerprint density at radius 1 is 1.24 bits per heavy atom. The Kier molecular flexibility index (Phi) is 6.78. The van der Waals surface area contributed by atoms with Crippen LogP contribution in [0.4, 0.5) is 0 Å². The van der Waals surface area contributed by atoms with Crippen molar-refractivity contribution in [2.45, 2.75) is 70.4 Å². The van der Waals surface area contributed by atoms with Crippen LogP contribution in [-0.2, 0) is 23.8 Å². The van der Waals surface area contributed by atoms with Gasteiger partial charge in [0.2, 0.25) is 0 Å². The van der Waals surface area contributed by atoms with Gasteiger partial charge < -0.3 is 19.3 Å². The minimum atomic E-state index is -0.754. The molecule has 0 aromatic heterocycles. The zero-order chi connectivity index (χ0) is 24.0. The molecule has 1 unspecified atom stereocenters. The van der Waals surface area contributed by atoms with Crippen molar-refractivity contribution >= 4 is 33.9 Å². The Bertz CT molecular complexity index is 927. The van der Waals surface area contributed by atoms with E-state index in [4.69, 9.17) is 14.2 Å². The summed E-state index contributed by atoms with van der Waals surface area (Å²) in [6, 6.07) is 7.69. The molecule has 1 N–H and O–H groups in total. The maximum atomic E-state index is 13.0. The number of carbonyl (C=O) groups excluding carboxylic acids is 2. The van der Waals surface area contributed by atoms with E-state index >= 15 is 0 Å². The van der Waals surface area contributed by atoms with E-state index in [0.717, 1.165) is 22.9 Å². The third kappa shape index (κ3) is 4.28. The van der Waals surface area contributed by atoms with Gasteiger partial charge in [-0.2, -0.15) is 0 Å². The van der Waals surface area contributed by atoms with Gasteiger partial charge in [0.25, 0.3) is 0 Å². The summed E-state index contributed by atoms with van der Waals surface area (Å²) in [6.07, 6.45) is 4.67. The predicted octanol–water partition coefficient (Wildman–Crippen LogP) is 4.53. The monoisotopic (exact) mass is 520 g/mol. The molecule has 2 bridgehead atoms. The Labute approximate surface area is 203 Å². The molecule has 1 aromatic rings. The molecule has 1 aromatic carbocycles. The lowest BCUT2D eigenvalue weighted by atomic mass is 9.69. The van der Waals surface area contributed by atoms with Crippen LogP contribution >= 0.6 is 15.9 Å². The number of esters is 2. The van der Waals surface area contributed by atoms with Crippen LogP contribution in [0.1, 0.15) is 52.5 Å². The van der Waals surface area contributed by atoms with Crippen LogP contribution in [0.5, 0.6) is 0 Å². The Hall–Kier alpha value is -1.70. The summed E-state index contributed by atoms with van der Waals surface area (Å²) in [5.74, 6) is -0.428. The molecule has 1 aliphatic carbocycles. The normalized spacial score (nSPS) is 37.4. The van der Waals surface area contributed by atoms with Gasteiger partial charge in [0.1, 0.15) is 30.0 Å². The second-order valence-electron chi connectivity index (χ2n) is 10.2. The summed E-state index contributed by atoms with van der Waals surface area (Å²) < 4.78 is 19.6. The number of hydrogen-bond donors (Lipinski definition) is 1.